The fourth-order valence-electron chi connectivity index (χ4n) is 3.91. The van der Waals surface area contributed by atoms with E-state index >= 15 is 0 Å². The van der Waals surface area contributed by atoms with Crippen molar-refractivity contribution >= 4 is 23.2 Å². The van der Waals surface area contributed by atoms with Crippen molar-refractivity contribution in [1.82, 2.24) is 14.5 Å². The highest BCUT2D eigenvalue weighted by Gasteiger charge is 2.36. The number of ether oxygens (including phenoxy) is 1. The van der Waals surface area contributed by atoms with Gasteiger partial charge in [0, 0.05) is 18.7 Å². The second-order valence-electron chi connectivity index (χ2n) is 7.46. The van der Waals surface area contributed by atoms with Crippen LogP contribution in [0.25, 0.3) is 0 Å². The Morgan fingerprint density at radius 1 is 1.30 bits per heavy atom. The molecule has 1 aliphatic rings. The first kappa shape index (κ1) is 20.2. The van der Waals surface area contributed by atoms with E-state index in [0.29, 0.717) is 6.54 Å². The molecule has 4 rings (SSSR count). The Kier molecular flexibility index (Phi) is 5.59. The first-order chi connectivity index (χ1) is 14.5. The number of imidazole rings is 1. The average molecular weight is 426 g/mol. The third-order valence-electron chi connectivity index (χ3n) is 5.47. The SMILES string of the molecule is COc1ccc(Cn2cnc3c2CC(C(=O)O)N(C(=O)Cc2ccsc2)C3)cc1C. The van der Waals surface area contributed by atoms with E-state index in [1.54, 1.807) is 13.4 Å². The third kappa shape index (κ3) is 3.95. The van der Waals surface area contributed by atoms with Crippen molar-refractivity contribution < 1.29 is 19.4 Å². The van der Waals surface area contributed by atoms with Crippen molar-refractivity contribution in [3.05, 3.63) is 69.4 Å². The standard InChI is InChI=1S/C22H23N3O4S/c1-14-7-15(3-4-20(14)29-2)10-24-13-23-17-11-25(19(22(27)28)9-18(17)24)21(26)8-16-5-6-30-12-16/h3-7,12-13,19H,8-11H2,1-2H3,(H,27,28). The molecule has 0 spiro atoms. The molecule has 0 bridgehead atoms. The van der Waals surface area contributed by atoms with Crippen LogP contribution >= 0.6 is 11.3 Å². The van der Waals surface area contributed by atoms with Crippen molar-refractivity contribution in [1.29, 1.82) is 0 Å². The van der Waals surface area contributed by atoms with Crippen molar-refractivity contribution in [2.45, 2.75) is 38.9 Å². The predicted octanol–water partition coefficient (Wildman–Crippen LogP) is 2.89. The number of carboxylic acids is 1. The monoisotopic (exact) mass is 425 g/mol. The van der Waals surface area contributed by atoms with Gasteiger partial charge >= 0.3 is 5.97 Å². The number of hydrogen-bond donors (Lipinski definition) is 1. The molecule has 0 saturated heterocycles. The van der Waals surface area contributed by atoms with Crippen LogP contribution in [0.1, 0.15) is 28.1 Å². The van der Waals surface area contributed by atoms with E-state index in [1.165, 1.54) is 16.2 Å². The summed E-state index contributed by atoms with van der Waals surface area (Å²) in [5.41, 5.74) is 4.65. The number of hydrogen-bond acceptors (Lipinski definition) is 5. The fourth-order valence-corrected chi connectivity index (χ4v) is 4.57. The van der Waals surface area contributed by atoms with E-state index in [2.05, 4.69) is 11.1 Å². The highest BCUT2D eigenvalue weighted by molar-refractivity contribution is 7.08. The lowest BCUT2D eigenvalue weighted by Gasteiger charge is -2.33. The van der Waals surface area contributed by atoms with Crippen LogP contribution < -0.4 is 4.74 Å². The normalized spacial score (nSPS) is 15.7. The van der Waals surface area contributed by atoms with Gasteiger partial charge in [-0.1, -0.05) is 12.1 Å². The van der Waals surface area contributed by atoms with Gasteiger partial charge in [0.15, 0.2) is 0 Å². The van der Waals surface area contributed by atoms with Crippen LogP contribution in [0, 0.1) is 6.92 Å². The second kappa shape index (κ2) is 8.31. The molecule has 1 atom stereocenters. The number of rotatable bonds is 6. The summed E-state index contributed by atoms with van der Waals surface area (Å²) >= 11 is 1.52. The second-order valence-corrected chi connectivity index (χ2v) is 8.24. The Labute approximate surface area is 178 Å². The topological polar surface area (TPSA) is 84.7 Å². The van der Waals surface area contributed by atoms with Crippen molar-refractivity contribution in [3.8, 4) is 5.75 Å². The van der Waals surface area contributed by atoms with Gasteiger partial charge in [-0.2, -0.15) is 11.3 Å². The van der Waals surface area contributed by atoms with E-state index in [0.717, 1.165) is 33.8 Å². The summed E-state index contributed by atoms with van der Waals surface area (Å²) in [4.78, 5) is 30.7. The molecule has 30 heavy (non-hydrogen) atoms. The number of aromatic nitrogens is 2. The summed E-state index contributed by atoms with van der Waals surface area (Å²) in [5, 5.41) is 13.6. The maximum Gasteiger partial charge on any atom is 0.326 e. The van der Waals surface area contributed by atoms with Crippen LogP contribution in [0.3, 0.4) is 0 Å². The maximum absolute atomic E-state index is 12.8. The fraction of sp³-hybridized carbons (Fsp3) is 0.318. The Balaban J connectivity index is 1.56. The van der Waals surface area contributed by atoms with Gasteiger partial charge in [-0.15, -0.1) is 0 Å². The Bertz CT molecular complexity index is 1070. The summed E-state index contributed by atoms with van der Waals surface area (Å²) in [5.74, 6) is -0.351. The molecule has 3 aromatic rings. The number of benzene rings is 1. The van der Waals surface area contributed by atoms with Crippen LogP contribution in [0.5, 0.6) is 5.75 Å². The molecule has 1 aromatic carbocycles. The molecule has 0 fully saturated rings. The Morgan fingerprint density at radius 2 is 2.13 bits per heavy atom. The molecule has 1 N–H and O–H groups in total. The van der Waals surface area contributed by atoms with Crippen LogP contribution in [0.15, 0.2) is 41.4 Å². The highest BCUT2D eigenvalue weighted by Crippen LogP contribution is 2.26. The zero-order valence-corrected chi connectivity index (χ0v) is 17.7. The smallest absolute Gasteiger partial charge is 0.326 e. The summed E-state index contributed by atoms with van der Waals surface area (Å²) in [7, 11) is 1.64. The molecule has 1 unspecified atom stereocenters. The van der Waals surface area contributed by atoms with Gasteiger partial charge < -0.3 is 19.3 Å². The van der Waals surface area contributed by atoms with Crippen LogP contribution in [0.2, 0.25) is 0 Å². The number of nitrogens with zero attached hydrogens (tertiary/aromatic N) is 3. The number of amides is 1. The summed E-state index contributed by atoms with van der Waals surface area (Å²) in [6.45, 7) is 2.79. The molecule has 156 valence electrons. The van der Waals surface area contributed by atoms with Crippen LogP contribution in [-0.2, 0) is 35.5 Å². The van der Waals surface area contributed by atoms with E-state index in [4.69, 9.17) is 4.74 Å². The minimum Gasteiger partial charge on any atom is -0.496 e. The molecular formula is C22H23N3O4S. The summed E-state index contributed by atoms with van der Waals surface area (Å²) < 4.78 is 7.30. The van der Waals surface area contributed by atoms with Gasteiger partial charge in [0.05, 0.1) is 32.1 Å². The largest absolute Gasteiger partial charge is 0.496 e. The molecule has 1 aliphatic heterocycles. The third-order valence-corrected chi connectivity index (χ3v) is 6.20. The van der Waals surface area contributed by atoms with Gasteiger partial charge in [0.1, 0.15) is 11.8 Å². The minimum absolute atomic E-state index is 0.188. The van der Waals surface area contributed by atoms with Gasteiger partial charge in [-0.3, -0.25) is 4.79 Å². The first-order valence-corrected chi connectivity index (χ1v) is 10.6. The van der Waals surface area contributed by atoms with Gasteiger partial charge in [0.2, 0.25) is 5.91 Å². The number of carbonyl (C=O) groups is 2. The Morgan fingerprint density at radius 3 is 2.80 bits per heavy atom. The first-order valence-electron chi connectivity index (χ1n) is 9.66. The molecule has 2 aromatic heterocycles. The average Bonchev–Trinajstić information content (AvgIpc) is 3.37. The molecule has 3 heterocycles. The number of thiophene rings is 1. The molecule has 0 saturated carbocycles. The number of carboxylic acid groups (broad SMARTS) is 1. The molecule has 1 amide bonds. The number of methoxy groups -OCH3 is 1. The van der Waals surface area contributed by atoms with Crippen molar-refractivity contribution in [2.24, 2.45) is 0 Å². The zero-order chi connectivity index (χ0) is 21.3. The summed E-state index contributed by atoms with van der Waals surface area (Å²) in [6.07, 6.45) is 2.18. The van der Waals surface area contributed by atoms with Crippen LogP contribution in [-0.4, -0.2) is 44.6 Å². The van der Waals surface area contributed by atoms with Gasteiger partial charge in [-0.05, 0) is 46.5 Å². The van der Waals surface area contributed by atoms with Crippen LogP contribution in [0.4, 0.5) is 0 Å². The number of aryl methyl sites for hydroxylation is 1. The van der Waals surface area contributed by atoms with Crippen molar-refractivity contribution in [3.63, 3.8) is 0 Å². The zero-order valence-electron chi connectivity index (χ0n) is 16.9. The minimum atomic E-state index is -0.993. The van der Waals surface area contributed by atoms with Gasteiger partial charge in [0.25, 0.3) is 0 Å². The van der Waals surface area contributed by atoms with E-state index in [1.807, 2.05) is 40.5 Å². The molecule has 7 nitrogen and oxygen atoms in total. The predicted molar refractivity (Wildman–Crippen MR) is 113 cm³/mol. The van der Waals surface area contributed by atoms with E-state index in [-0.39, 0.29) is 25.3 Å². The Hall–Kier alpha value is -3.13. The van der Waals surface area contributed by atoms with E-state index in [9.17, 15) is 14.7 Å². The molecule has 8 heteroatoms. The summed E-state index contributed by atoms with van der Waals surface area (Å²) in [6, 6.07) is 6.97. The number of aliphatic carboxylic acids is 1. The lowest BCUT2D eigenvalue weighted by Crippen LogP contribution is -2.49. The molecule has 0 radical (unpaired) electrons. The molecular weight excluding hydrogens is 402 g/mol. The highest BCUT2D eigenvalue weighted by atomic mass is 32.1. The van der Waals surface area contributed by atoms with E-state index < -0.39 is 12.0 Å². The lowest BCUT2D eigenvalue weighted by molar-refractivity contribution is -0.151. The van der Waals surface area contributed by atoms with Crippen molar-refractivity contribution in [2.75, 3.05) is 7.11 Å². The lowest BCUT2D eigenvalue weighted by atomic mass is 10.0. The molecule has 0 aliphatic carbocycles. The number of fused-ring (bicyclic) bond motifs is 1. The van der Waals surface area contributed by atoms with Gasteiger partial charge in [-0.25, -0.2) is 9.78 Å². The maximum atomic E-state index is 12.8. The quantitative estimate of drug-likeness (QED) is 0.657. The number of carbonyl (C=O) groups excluding carboxylic acids is 1.